The number of phenols is 1. The second-order valence-electron chi connectivity index (χ2n) is 6.87. The lowest BCUT2D eigenvalue weighted by Gasteiger charge is -2.08. The van der Waals surface area contributed by atoms with E-state index >= 15 is 0 Å². The van der Waals surface area contributed by atoms with Crippen molar-refractivity contribution in [1.82, 2.24) is 20.6 Å². The van der Waals surface area contributed by atoms with E-state index in [1.807, 2.05) is 60.7 Å². The Bertz CT molecular complexity index is 1200. The Morgan fingerprint density at radius 1 is 0.774 bits per heavy atom. The van der Waals surface area contributed by atoms with Gasteiger partial charge in [0.25, 0.3) is 11.8 Å². The molecule has 7 heteroatoms. The molecule has 0 radical (unpaired) electrons. The molecular weight excluding hydrogens is 392 g/mol. The van der Waals surface area contributed by atoms with Crippen LogP contribution in [0.3, 0.4) is 0 Å². The Kier molecular flexibility index (Phi) is 5.75. The molecule has 7 nitrogen and oxygen atoms in total. The highest BCUT2D eigenvalue weighted by Crippen LogP contribution is 2.22. The summed E-state index contributed by atoms with van der Waals surface area (Å²) in [5.74, 6) is -1.30. The molecule has 0 atom stereocenters. The van der Waals surface area contributed by atoms with Crippen LogP contribution >= 0.6 is 0 Å². The summed E-state index contributed by atoms with van der Waals surface area (Å²) in [6, 6.07) is 25.2. The number of amides is 2. The molecule has 4 rings (SSSR count). The maximum atomic E-state index is 12.9. The van der Waals surface area contributed by atoms with Gasteiger partial charge in [0.1, 0.15) is 11.4 Å². The first-order valence-electron chi connectivity index (χ1n) is 9.67. The lowest BCUT2D eigenvalue weighted by Crippen LogP contribution is -2.41. The van der Waals surface area contributed by atoms with Crippen molar-refractivity contribution in [2.45, 2.75) is 6.54 Å². The zero-order valence-electron chi connectivity index (χ0n) is 16.5. The Hall–Kier alpha value is -4.39. The zero-order chi connectivity index (χ0) is 21.6. The van der Waals surface area contributed by atoms with E-state index in [-0.39, 0.29) is 11.3 Å². The quantitative estimate of drug-likeness (QED) is 0.438. The van der Waals surface area contributed by atoms with E-state index in [9.17, 15) is 14.7 Å². The molecule has 3 N–H and O–H groups in total. The molecule has 3 aromatic carbocycles. The summed E-state index contributed by atoms with van der Waals surface area (Å²) in [5, 5.41) is 14.4. The van der Waals surface area contributed by atoms with E-state index in [1.54, 1.807) is 23.0 Å². The molecule has 0 bridgehead atoms. The number of nitrogens with one attached hydrogen (secondary N) is 2. The van der Waals surface area contributed by atoms with Gasteiger partial charge in [0, 0.05) is 11.8 Å². The van der Waals surface area contributed by atoms with E-state index in [4.69, 9.17) is 0 Å². The largest absolute Gasteiger partial charge is 0.507 e. The van der Waals surface area contributed by atoms with E-state index in [0.29, 0.717) is 17.8 Å². The van der Waals surface area contributed by atoms with Crippen LogP contribution in [0.4, 0.5) is 0 Å². The van der Waals surface area contributed by atoms with Crippen molar-refractivity contribution in [3.8, 4) is 17.0 Å². The molecule has 154 valence electrons. The molecule has 0 aliphatic rings. The van der Waals surface area contributed by atoms with Crippen molar-refractivity contribution in [2.75, 3.05) is 0 Å². The zero-order valence-corrected chi connectivity index (χ0v) is 16.5. The normalized spacial score (nSPS) is 10.5. The highest BCUT2D eigenvalue weighted by molar-refractivity contribution is 6.02. The number of carbonyl (C=O) groups excluding carboxylic acids is 2. The van der Waals surface area contributed by atoms with Crippen LogP contribution in [0.1, 0.15) is 26.3 Å². The molecular formula is C24H20N4O3. The number of hydrazine groups is 1. The van der Waals surface area contributed by atoms with Gasteiger partial charge in [0.05, 0.1) is 17.7 Å². The van der Waals surface area contributed by atoms with Crippen LogP contribution in [-0.2, 0) is 6.54 Å². The van der Waals surface area contributed by atoms with E-state index in [0.717, 1.165) is 11.1 Å². The van der Waals surface area contributed by atoms with Crippen LogP contribution in [0, 0.1) is 0 Å². The first kappa shape index (κ1) is 19.9. The van der Waals surface area contributed by atoms with Crippen molar-refractivity contribution in [3.05, 3.63) is 108 Å². The highest BCUT2D eigenvalue weighted by atomic mass is 16.3. The summed E-state index contributed by atoms with van der Waals surface area (Å²) in [6.45, 7) is 0.498. The maximum Gasteiger partial charge on any atom is 0.273 e. The van der Waals surface area contributed by atoms with Gasteiger partial charge in [-0.05, 0) is 17.7 Å². The smallest absolute Gasteiger partial charge is 0.273 e. The third-order valence-corrected chi connectivity index (χ3v) is 4.68. The molecule has 0 saturated carbocycles. The molecule has 4 aromatic rings. The van der Waals surface area contributed by atoms with Gasteiger partial charge in [-0.1, -0.05) is 72.8 Å². The fourth-order valence-electron chi connectivity index (χ4n) is 3.16. The molecule has 31 heavy (non-hydrogen) atoms. The van der Waals surface area contributed by atoms with Crippen molar-refractivity contribution in [2.24, 2.45) is 0 Å². The Labute approximate surface area is 178 Å². The SMILES string of the molecule is O=C(NNC(=O)c1cn(Cc2ccccc2)nc1-c1ccccc1)c1ccccc1O. The molecule has 1 aromatic heterocycles. The maximum absolute atomic E-state index is 12.9. The molecule has 2 amide bonds. The van der Waals surface area contributed by atoms with Crippen LogP contribution in [-0.4, -0.2) is 26.7 Å². The van der Waals surface area contributed by atoms with E-state index in [2.05, 4.69) is 16.0 Å². The van der Waals surface area contributed by atoms with Crippen LogP contribution in [0.15, 0.2) is 91.1 Å². The minimum atomic E-state index is -0.621. The minimum Gasteiger partial charge on any atom is -0.507 e. The number of nitrogens with zero attached hydrogens (tertiary/aromatic N) is 2. The van der Waals surface area contributed by atoms with Gasteiger partial charge in [-0.2, -0.15) is 5.10 Å². The predicted molar refractivity (Wildman–Crippen MR) is 116 cm³/mol. The topological polar surface area (TPSA) is 96.3 Å². The van der Waals surface area contributed by atoms with Gasteiger partial charge in [-0.3, -0.25) is 25.1 Å². The number of para-hydroxylation sites is 1. The standard InChI is InChI=1S/C24H20N4O3/c29-21-14-8-7-13-19(21)23(30)25-26-24(31)20-16-28(15-17-9-3-1-4-10-17)27-22(20)18-11-5-2-6-12-18/h1-14,16,29H,15H2,(H,25,30)(H,26,31). The first-order valence-corrected chi connectivity index (χ1v) is 9.67. The number of carbonyl (C=O) groups is 2. The fraction of sp³-hybridized carbons (Fsp3) is 0.0417. The van der Waals surface area contributed by atoms with Gasteiger partial charge >= 0.3 is 0 Å². The molecule has 0 saturated heterocycles. The third kappa shape index (κ3) is 4.62. The predicted octanol–water partition coefficient (Wildman–Crippen LogP) is 3.38. The number of benzene rings is 3. The Balaban J connectivity index is 1.57. The molecule has 0 spiro atoms. The molecule has 0 fully saturated rings. The monoisotopic (exact) mass is 412 g/mol. The lowest BCUT2D eigenvalue weighted by atomic mass is 10.1. The second-order valence-corrected chi connectivity index (χ2v) is 6.87. The number of hydrogen-bond acceptors (Lipinski definition) is 4. The lowest BCUT2D eigenvalue weighted by molar-refractivity contribution is 0.0845. The van der Waals surface area contributed by atoms with E-state index < -0.39 is 11.8 Å². The van der Waals surface area contributed by atoms with Gasteiger partial charge in [-0.25, -0.2) is 0 Å². The summed E-state index contributed by atoms with van der Waals surface area (Å²) in [4.78, 5) is 25.2. The summed E-state index contributed by atoms with van der Waals surface area (Å²) in [7, 11) is 0. The van der Waals surface area contributed by atoms with Crippen molar-refractivity contribution < 1.29 is 14.7 Å². The molecule has 0 aliphatic heterocycles. The highest BCUT2D eigenvalue weighted by Gasteiger charge is 2.19. The molecule has 0 aliphatic carbocycles. The van der Waals surface area contributed by atoms with Crippen LogP contribution in [0.25, 0.3) is 11.3 Å². The summed E-state index contributed by atoms with van der Waals surface area (Å²) in [6.07, 6.45) is 1.65. The summed E-state index contributed by atoms with van der Waals surface area (Å²) < 4.78 is 1.69. The van der Waals surface area contributed by atoms with Crippen molar-refractivity contribution in [1.29, 1.82) is 0 Å². The number of aromatic hydroxyl groups is 1. The van der Waals surface area contributed by atoms with Crippen LogP contribution < -0.4 is 10.9 Å². The molecule has 0 unspecified atom stereocenters. The van der Waals surface area contributed by atoms with Crippen molar-refractivity contribution in [3.63, 3.8) is 0 Å². The second kappa shape index (κ2) is 8.96. The average molecular weight is 412 g/mol. The third-order valence-electron chi connectivity index (χ3n) is 4.68. The molecule has 1 heterocycles. The minimum absolute atomic E-state index is 0.0610. The van der Waals surface area contributed by atoms with E-state index in [1.165, 1.54) is 12.1 Å². The van der Waals surface area contributed by atoms with Crippen LogP contribution in [0.2, 0.25) is 0 Å². The summed E-state index contributed by atoms with van der Waals surface area (Å²) in [5.41, 5.74) is 7.46. The van der Waals surface area contributed by atoms with Crippen LogP contribution in [0.5, 0.6) is 5.75 Å². The Morgan fingerprint density at radius 2 is 1.35 bits per heavy atom. The van der Waals surface area contributed by atoms with Gasteiger partial charge < -0.3 is 5.11 Å². The number of hydrogen-bond donors (Lipinski definition) is 3. The Morgan fingerprint density at radius 3 is 2.03 bits per heavy atom. The van der Waals surface area contributed by atoms with Gasteiger partial charge in [0.15, 0.2) is 0 Å². The number of rotatable bonds is 5. The first-order chi connectivity index (χ1) is 15.1. The van der Waals surface area contributed by atoms with Gasteiger partial charge in [-0.15, -0.1) is 0 Å². The fourth-order valence-corrected chi connectivity index (χ4v) is 3.16. The summed E-state index contributed by atoms with van der Waals surface area (Å²) >= 11 is 0. The average Bonchev–Trinajstić information content (AvgIpc) is 3.22. The van der Waals surface area contributed by atoms with Crippen molar-refractivity contribution >= 4 is 11.8 Å². The van der Waals surface area contributed by atoms with Gasteiger partial charge in [0.2, 0.25) is 0 Å². The number of aromatic nitrogens is 2. The number of phenolic OH excluding ortho intramolecular Hbond substituents is 1.